The van der Waals surface area contributed by atoms with E-state index >= 15 is 0 Å². The molecule has 1 aromatic rings. The second-order valence-corrected chi connectivity index (χ2v) is 9.25. The van der Waals surface area contributed by atoms with Crippen molar-refractivity contribution in [3.8, 4) is 0 Å². The minimum absolute atomic E-state index is 0.112. The van der Waals surface area contributed by atoms with Gasteiger partial charge in [-0.25, -0.2) is 0 Å². The van der Waals surface area contributed by atoms with Crippen LogP contribution in [0.2, 0.25) is 0 Å². The van der Waals surface area contributed by atoms with E-state index < -0.39 is 0 Å². The Morgan fingerprint density at radius 1 is 1.30 bits per heavy atom. The second-order valence-electron chi connectivity index (χ2n) is 8.15. The van der Waals surface area contributed by atoms with E-state index in [1.807, 2.05) is 0 Å². The average molecular weight is 395 g/mol. The quantitative estimate of drug-likeness (QED) is 0.216. The highest BCUT2D eigenvalue weighted by Crippen LogP contribution is 2.75. The summed E-state index contributed by atoms with van der Waals surface area (Å²) in [5.74, 6) is 8.48. The van der Waals surface area contributed by atoms with Crippen LogP contribution >= 0.6 is 11.8 Å². The molecule has 4 bridgehead atoms. The predicted molar refractivity (Wildman–Crippen MR) is 106 cm³/mol. The fourth-order valence-corrected chi connectivity index (χ4v) is 6.44. The summed E-state index contributed by atoms with van der Waals surface area (Å²) in [5, 5.41) is 20.2. The van der Waals surface area contributed by atoms with E-state index in [1.165, 1.54) is 12.8 Å². The summed E-state index contributed by atoms with van der Waals surface area (Å²) in [6, 6.07) is 4.61. The minimum Gasteiger partial charge on any atom is -0.464 e. The van der Waals surface area contributed by atoms with Gasteiger partial charge in [-0.05, 0) is 68.7 Å². The first-order chi connectivity index (χ1) is 13.1. The van der Waals surface area contributed by atoms with Gasteiger partial charge in [0.05, 0.1) is 11.8 Å². The molecule has 8 heteroatoms. The third-order valence-corrected chi connectivity index (χ3v) is 7.76. The highest BCUT2D eigenvalue weighted by atomic mass is 32.2. The van der Waals surface area contributed by atoms with Gasteiger partial charge in [0.25, 0.3) is 0 Å². The molecule has 0 aromatic carbocycles. The largest absolute Gasteiger partial charge is 0.464 e. The first-order valence-electron chi connectivity index (χ1n) is 9.98. The van der Waals surface area contributed by atoms with E-state index in [4.69, 9.17) is 4.42 Å². The van der Waals surface area contributed by atoms with Crippen LogP contribution in [0.25, 0.3) is 0 Å². The first kappa shape index (κ1) is 19.2. The van der Waals surface area contributed by atoms with Gasteiger partial charge in [0, 0.05) is 17.2 Å². The van der Waals surface area contributed by atoms with E-state index in [0.29, 0.717) is 6.04 Å². The summed E-state index contributed by atoms with van der Waals surface area (Å²) in [4.78, 5) is 10.3. The first-order valence-corrected chi connectivity index (χ1v) is 11.1. The molecule has 4 fully saturated rings. The molecule has 3 N–H and O–H groups in total. The molecule has 5 rings (SSSR count). The van der Waals surface area contributed by atoms with E-state index in [9.17, 15) is 10.1 Å². The molecule has 7 nitrogen and oxygen atoms in total. The number of nitrogens with one attached hydrogen (secondary N) is 3. The Kier molecular flexibility index (Phi) is 5.78. The van der Waals surface area contributed by atoms with Gasteiger partial charge in [0.2, 0.25) is 6.54 Å². The van der Waals surface area contributed by atoms with Crippen LogP contribution in [0, 0.1) is 39.7 Å². The average Bonchev–Trinajstić information content (AvgIpc) is 3.17. The summed E-state index contributed by atoms with van der Waals surface area (Å²) in [5.41, 5.74) is 0. The molecule has 5 unspecified atom stereocenters. The number of nitro groups is 1. The molecule has 4 aliphatic carbocycles. The Labute approximate surface area is 164 Å². The van der Waals surface area contributed by atoms with E-state index in [1.54, 1.807) is 18.8 Å². The zero-order valence-electron chi connectivity index (χ0n) is 16.0. The number of nitrogens with zero attached hydrogens (tertiary/aromatic N) is 1. The second kappa shape index (κ2) is 8.11. The Bertz CT molecular complexity index is 655. The van der Waals surface area contributed by atoms with Crippen molar-refractivity contribution in [2.24, 2.45) is 29.6 Å². The van der Waals surface area contributed by atoms with Gasteiger partial charge in [0.15, 0.2) is 0 Å². The standard InChI is InChI=1S/C19H30N4O3S/c1-20-16(9-23(24)25)22-5-6-27-10-12-3-4-15(26-12)19(21-2)17-11-7-13-14(8-11)18(13)17/h3-4,11,13-14,16-22H,5-10H2,1-2H3. The van der Waals surface area contributed by atoms with E-state index in [-0.39, 0.29) is 17.6 Å². The Morgan fingerprint density at radius 3 is 2.67 bits per heavy atom. The zero-order chi connectivity index (χ0) is 19.0. The maximum absolute atomic E-state index is 10.6. The summed E-state index contributed by atoms with van der Waals surface area (Å²) in [7, 11) is 3.79. The molecule has 5 atom stereocenters. The molecule has 1 aromatic heterocycles. The van der Waals surface area contributed by atoms with Crippen molar-refractivity contribution in [1.29, 1.82) is 0 Å². The highest BCUT2D eigenvalue weighted by molar-refractivity contribution is 7.98. The van der Waals surface area contributed by atoms with Crippen molar-refractivity contribution >= 4 is 11.8 Å². The number of hydrogen-bond donors (Lipinski definition) is 3. The topological polar surface area (TPSA) is 92.4 Å². The van der Waals surface area contributed by atoms with Crippen molar-refractivity contribution in [3.05, 3.63) is 33.8 Å². The minimum atomic E-state index is -0.304. The molecule has 0 spiro atoms. The molecule has 1 heterocycles. The summed E-state index contributed by atoms with van der Waals surface area (Å²) < 4.78 is 6.18. The van der Waals surface area contributed by atoms with E-state index in [2.05, 4.69) is 35.1 Å². The van der Waals surface area contributed by atoms with Gasteiger partial charge >= 0.3 is 0 Å². The molecule has 150 valence electrons. The van der Waals surface area contributed by atoms with Crippen molar-refractivity contribution in [3.63, 3.8) is 0 Å². The van der Waals surface area contributed by atoms with E-state index in [0.717, 1.165) is 59.2 Å². The normalized spacial score (nSPS) is 32.6. The number of thioether (sulfide) groups is 1. The van der Waals surface area contributed by atoms with Crippen molar-refractivity contribution in [2.75, 3.05) is 32.9 Å². The maximum atomic E-state index is 10.6. The molecule has 27 heavy (non-hydrogen) atoms. The van der Waals surface area contributed by atoms with Gasteiger partial charge in [-0.2, -0.15) is 11.8 Å². The Morgan fingerprint density at radius 2 is 2.07 bits per heavy atom. The number of likely N-dealkylation sites (N-methyl/N-ethyl adjacent to an activating group) is 1. The van der Waals surface area contributed by atoms with Crippen molar-refractivity contribution < 1.29 is 9.34 Å². The van der Waals surface area contributed by atoms with Gasteiger partial charge < -0.3 is 9.73 Å². The lowest BCUT2D eigenvalue weighted by Crippen LogP contribution is -2.46. The van der Waals surface area contributed by atoms with Crippen LogP contribution in [0.15, 0.2) is 16.5 Å². The monoisotopic (exact) mass is 394 g/mol. The van der Waals surface area contributed by atoms with Crippen LogP contribution < -0.4 is 16.0 Å². The Hall–Kier alpha value is -1.09. The Balaban J connectivity index is 1.21. The van der Waals surface area contributed by atoms with Gasteiger partial charge in [0.1, 0.15) is 17.7 Å². The summed E-state index contributed by atoms with van der Waals surface area (Å²) in [6.45, 7) is 0.615. The number of rotatable bonds is 12. The SMILES string of the molecule is CNC(C[N+](=O)[O-])NCCSCc1ccc(C(NC)C2C3CC4C(C3)C42)o1. The van der Waals surface area contributed by atoms with Crippen LogP contribution in [-0.4, -0.2) is 44.0 Å². The molecule has 4 saturated carbocycles. The molecule has 0 aliphatic heterocycles. The smallest absolute Gasteiger partial charge is 0.231 e. The third kappa shape index (κ3) is 3.90. The highest BCUT2D eigenvalue weighted by Gasteiger charge is 2.69. The zero-order valence-corrected chi connectivity index (χ0v) is 16.8. The molecule has 4 aliphatic rings. The van der Waals surface area contributed by atoms with Crippen molar-refractivity contribution in [2.45, 2.75) is 30.8 Å². The lowest BCUT2D eigenvalue weighted by atomic mass is 9.89. The fraction of sp³-hybridized carbons (Fsp3) is 0.789. The molecule has 0 saturated heterocycles. The van der Waals surface area contributed by atoms with Gasteiger partial charge in [-0.3, -0.25) is 20.7 Å². The van der Waals surface area contributed by atoms with Crippen LogP contribution in [0.5, 0.6) is 0 Å². The molecular formula is C19H30N4O3S. The number of hydrogen-bond acceptors (Lipinski definition) is 7. The van der Waals surface area contributed by atoms with Gasteiger partial charge in [-0.1, -0.05) is 0 Å². The molecule has 0 radical (unpaired) electrons. The van der Waals surface area contributed by atoms with Crippen LogP contribution in [-0.2, 0) is 5.75 Å². The molecule has 0 amide bonds. The maximum Gasteiger partial charge on any atom is 0.231 e. The molecular weight excluding hydrogens is 364 g/mol. The van der Waals surface area contributed by atoms with Crippen LogP contribution in [0.1, 0.15) is 30.4 Å². The summed E-state index contributed by atoms with van der Waals surface area (Å²) >= 11 is 1.79. The summed E-state index contributed by atoms with van der Waals surface area (Å²) in [6.07, 6.45) is 2.60. The predicted octanol–water partition coefficient (Wildman–Crippen LogP) is 2.09. The number of furan rings is 1. The van der Waals surface area contributed by atoms with Crippen LogP contribution in [0.3, 0.4) is 0 Å². The lowest BCUT2D eigenvalue weighted by molar-refractivity contribution is -0.484. The van der Waals surface area contributed by atoms with Crippen molar-refractivity contribution in [1.82, 2.24) is 16.0 Å². The third-order valence-electron chi connectivity index (χ3n) is 6.78. The lowest BCUT2D eigenvalue weighted by Gasteiger charge is -2.24. The fourth-order valence-electron chi connectivity index (χ4n) is 5.68. The van der Waals surface area contributed by atoms with Crippen LogP contribution in [0.4, 0.5) is 0 Å². The van der Waals surface area contributed by atoms with Gasteiger partial charge in [-0.15, -0.1) is 0 Å².